The summed E-state index contributed by atoms with van der Waals surface area (Å²) in [7, 11) is 4.64. The summed E-state index contributed by atoms with van der Waals surface area (Å²) in [5, 5.41) is 8.50. The van der Waals surface area contributed by atoms with Crippen molar-refractivity contribution < 1.29 is 24.5 Å². The molecule has 0 spiro atoms. The van der Waals surface area contributed by atoms with Crippen LogP contribution in [0.25, 0.3) is 0 Å². The molecule has 0 unspecified atom stereocenters. The topological polar surface area (TPSA) is 20.2 Å². The van der Waals surface area contributed by atoms with Gasteiger partial charge in [-0.15, -0.1) is 0 Å². The van der Waals surface area contributed by atoms with Crippen LogP contribution in [0.5, 0.6) is 0 Å². The minimum atomic E-state index is 0.333. The number of hydrogen-bond donors (Lipinski definition) is 1. The molecule has 0 heterocycles. The molecule has 3 heteroatoms. The maximum absolute atomic E-state index is 8.50. The third-order valence-electron chi connectivity index (χ3n) is 1.77. The first-order chi connectivity index (χ1) is 5.93. The first-order valence-electron chi connectivity index (χ1n) is 4.08. The molecule has 0 aromatic rings. The number of allylic oxidation sites excluding steroid dienone is 4. The van der Waals surface area contributed by atoms with Crippen molar-refractivity contribution in [2.45, 2.75) is 19.3 Å². The Labute approximate surface area is 89.8 Å². The van der Waals surface area contributed by atoms with Gasteiger partial charge in [0.15, 0.2) is 0 Å². The first-order valence-corrected chi connectivity index (χ1v) is 6.23. The van der Waals surface area contributed by atoms with Crippen molar-refractivity contribution in [1.82, 2.24) is 0 Å². The average molecular weight is 222 g/mol. The normalized spacial score (nSPS) is 14.4. The average Bonchev–Trinajstić information content (AvgIpc) is 2.61. The molecular weight excluding hydrogens is 207 g/mol. The Balaban J connectivity index is 0.000000561. The van der Waals surface area contributed by atoms with E-state index in [0.29, 0.717) is 12.5 Å². The summed E-state index contributed by atoms with van der Waals surface area (Å²) in [6, 6.07) is 0. The summed E-state index contributed by atoms with van der Waals surface area (Å²) in [5.41, 5.74) is 0. The molecular formula is C9H14ClOTi. The molecule has 1 N–H and O–H groups in total. The van der Waals surface area contributed by atoms with Crippen LogP contribution < -0.4 is 0 Å². The zero-order valence-corrected chi connectivity index (χ0v) is 9.36. The van der Waals surface area contributed by atoms with Crippen molar-refractivity contribution in [3.8, 4) is 0 Å². The monoisotopic (exact) mass is 221 g/mol. The van der Waals surface area contributed by atoms with Gasteiger partial charge in [-0.25, -0.2) is 0 Å². The molecule has 0 fully saturated rings. The number of unbranched alkanes of at least 4 members (excludes halogenated alkanes) is 1. The second-order valence-corrected chi connectivity index (χ2v) is 2.65. The number of aliphatic hydroxyl groups is 1. The van der Waals surface area contributed by atoms with E-state index in [0.717, 1.165) is 12.8 Å². The van der Waals surface area contributed by atoms with E-state index < -0.39 is 0 Å². The molecule has 0 saturated carbocycles. The van der Waals surface area contributed by atoms with Crippen LogP contribution in [0, 0.1) is 5.92 Å². The zero-order chi connectivity index (χ0) is 9.23. The van der Waals surface area contributed by atoms with Gasteiger partial charge in [-0.2, -0.15) is 0 Å². The Bertz CT molecular complexity index is 133. The predicted molar refractivity (Wildman–Crippen MR) is 48.6 cm³/mol. The predicted octanol–water partition coefficient (Wildman–Crippen LogP) is 2.58. The molecule has 0 aromatic heterocycles. The Morgan fingerprint density at radius 3 is 2.25 bits per heavy atom. The Morgan fingerprint density at radius 2 is 1.75 bits per heavy atom. The van der Waals surface area contributed by atoms with Crippen molar-refractivity contribution in [3.05, 3.63) is 24.3 Å². The van der Waals surface area contributed by atoms with Crippen LogP contribution in [0.15, 0.2) is 24.3 Å². The summed E-state index contributed by atoms with van der Waals surface area (Å²) in [6.07, 6.45) is 11.9. The Kier molecular flexibility index (Phi) is 9.88. The van der Waals surface area contributed by atoms with Crippen LogP contribution >= 0.6 is 9.30 Å². The molecule has 0 atom stereocenters. The number of rotatable bonds is 4. The molecule has 0 aliphatic heterocycles. The van der Waals surface area contributed by atoms with Crippen LogP contribution in [0.2, 0.25) is 0 Å². The van der Waals surface area contributed by atoms with Crippen LogP contribution in [-0.2, 0) is 19.4 Å². The van der Waals surface area contributed by atoms with Gasteiger partial charge in [0.1, 0.15) is 0 Å². The van der Waals surface area contributed by atoms with Crippen molar-refractivity contribution in [2.24, 2.45) is 5.92 Å². The van der Waals surface area contributed by atoms with E-state index in [1.165, 1.54) is 25.8 Å². The molecule has 1 nitrogen and oxygen atoms in total. The quantitative estimate of drug-likeness (QED) is 0.571. The summed E-state index contributed by atoms with van der Waals surface area (Å²) in [5.74, 6) is 0.645. The van der Waals surface area contributed by atoms with Crippen molar-refractivity contribution in [1.29, 1.82) is 0 Å². The molecule has 0 saturated heterocycles. The second-order valence-electron chi connectivity index (χ2n) is 2.65. The molecule has 0 aromatic carbocycles. The van der Waals surface area contributed by atoms with E-state index in [1.54, 1.807) is 0 Å². The minimum absolute atomic E-state index is 0.333. The Morgan fingerprint density at radius 1 is 1.17 bits per heavy atom. The molecule has 0 amide bonds. The summed E-state index contributed by atoms with van der Waals surface area (Å²) in [6.45, 7) is 0.333. The van der Waals surface area contributed by atoms with Crippen LogP contribution in [-0.4, -0.2) is 11.7 Å². The van der Waals surface area contributed by atoms with E-state index in [2.05, 4.69) is 33.6 Å². The number of halogens is 1. The standard InChI is InChI=1S/C9H14O.ClH.Ti/c10-8-4-3-7-9-5-1-2-6-9;;/h1-2,5-6,9-10H,3-4,7-8H2;1H;/q;;+1/p-1. The van der Waals surface area contributed by atoms with E-state index in [9.17, 15) is 0 Å². The van der Waals surface area contributed by atoms with E-state index >= 15 is 0 Å². The molecule has 1 aliphatic carbocycles. The van der Waals surface area contributed by atoms with Crippen LogP contribution in [0.3, 0.4) is 0 Å². The SMILES string of the molecule is OCCCCC1C=CC=C1.[Cl][Ti]. The van der Waals surface area contributed by atoms with Gasteiger partial charge in [0, 0.05) is 6.61 Å². The maximum atomic E-state index is 8.50. The molecule has 12 heavy (non-hydrogen) atoms. The Hall–Kier alpha value is 0.444. The van der Waals surface area contributed by atoms with Crippen molar-refractivity contribution in [2.75, 3.05) is 6.61 Å². The third kappa shape index (κ3) is 6.02. The third-order valence-corrected chi connectivity index (χ3v) is 1.77. The van der Waals surface area contributed by atoms with E-state index in [1.807, 2.05) is 0 Å². The number of hydrogen-bond acceptors (Lipinski definition) is 1. The van der Waals surface area contributed by atoms with Gasteiger partial charge in [0.2, 0.25) is 0 Å². The first kappa shape index (κ1) is 12.4. The van der Waals surface area contributed by atoms with Gasteiger partial charge in [-0.1, -0.05) is 30.7 Å². The molecule has 1 aliphatic rings. The van der Waals surface area contributed by atoms with Gasteiger partial charge in [0.25, 0.3) is 0 Å². The fourth-order valence-corrected chi connectivity index (χ4v) is 1.16. The van der Waals surface area contributed by atoms with Gasteiger partial charge in [-0.3, -0.25) is 0 Å². The summed E-state index contributed by atoms with van der Waals surface area (Å²) >= 11 is 1.47. The summed E-state index contributed by atoms with van der Waals surface area (Å²) < 4.78 is 0. The molecule has 1 rings (SSSR count). The fourth-order valence-electron chi connectivity index (χ4n) is 1.16. The molecule has 0 bridgehead atoms. The van der Waals surface area contributed by atoms with E-state index in [-0.39, 0.29) is 0 Å². The molecule has 0 radical (unpaired) electrons. The van der Waals surface area contributed by atoms with Gasteiger partial charge in [0.05, 0.1) is 0 Å². The van der Waals surface area contributed by atoms with Gasteiger partial charge < -0.3 is 5.11 Å². The van der Waals surface area contributed by atoms with Crippen LogP contribution in [0.4, 0.5) is 0 Å². The van der Waals surface area contributed by atoms with E-state index in [4.69, 9.17) is 5.11 Å². The van der Waals surface area contributed by atoms with Crippen molar-refractivity contribution in [3.63, 3.8) is 0 Å². The molecule has 67 valence electrons. The second kappa shape index (κ2) is 9.53. The fraction of sp³-hybridized carbons (Fsp3) is 0.556. The number of aliphatic hydroxyl groups excluding tert-OH is 1. The summed E-state index contributed by atoms with van der Waals surface area (Å²) in [4.78, 5) is 0. The van der Waals surface area contributed by atoms with Crippen LogP contribution in [0.1, 0.15) is 19.3 Å². The van der Waals surface area contributed by atoms with Crippen molar-refractivity contribution >= 4 is 9.30 Å². The van der Waals surface area contributed by atoms with Gasteiger partial charge >= 0.3 is 28.7 Å². The zero-order valence-electron chi connectivity index (χ0n) is 7.04. The van der Waals surface area contributed by atoms with Gasteiger partial charge in [-0.05, 0) is 18.8 Å².